The molecule has 2 aromatic rings. The number of aliphatic hydroxyl groups is 1. The van der Waals surface area contributed by atoms with Crippen LogP contribution in [0.15, 0.2) is 35.0 Å². The first-order valence-electron chi connectivity index (χ1n) is 11.9. The largest absolute Gasteiger partial charge is 0.387 e. The van der Waals surface area contributed by atoms with E-state index in [9.17, 15) is 9.90 Å². The SMILES string of the molecule is CC/C=C(/C)N=C(Cn1c(NCCCNCCCOCC)nc2ccc(C=O)cc21)C(C)O. The van der Waals surface area contributed by atoms with Gasteiger partial charge in [0.15, 0.2) is 0 Å². The van der Waals surface area contributed by atoms with Crippen molar-refractivity contribution < 1.29 is 14.6 Å². The van der Waals surface area contributed by atoms with Crippen LogP contribution in [0.2, 0.25) is 0 Å². The van der Waals surface area contributed by atoms with Gasteiger partial charge in [0.25, 0.3) is 0 Å². The molecule has 0 saturated carbocycles. The van der Waals surface area contributed by atoms with Crippen molar-refractivity contribution in [2.24, 2.45) is 4.99 Å². The topological polar surface area (TPSA) is 101 Å². The third-order valence-electron chi connectivity index (χ3n) is 5.19. The van der Waals surface area contributed by atoms with Gasteiger partial charge >= 0.3 is 0 Å². The van der Waals surface area contributed by atoms with Gasteiger partial charge in [-0.15, -0.1) is 0 Å². The molecule has 0 aliphatic heterocycles. The zero-order chi connectivity index (χ0) is 24.1. The predicted octanol–water partition coefficient (Wildman–Crippen LogP) is 3.80. The molecule has 33 heavy (non-hydrogen) atoms. The average molecular weight is 458 g/mol. The van der Waals surface area contributed by atoms with Crippen molar-refractivity contribution in [3.63, 3.8) is 0 Å². The first kappa shape index (κ1) is 26.7. The summed E-state index contributed by atoms with van der Waals surface area (Å²) < 4.78 is 7.34. The maximum atomic E-state index is 11.3. The molecule has 0 aliphatic carbocycles. The number of ether oxygens (including phenoxy) is 1. The van der Waals surface area contributed by atoms with E-state index < -0.39 is 6.10 Å². The first-order valence-corrected chi connectivity index (χ1v) is 11.9. The highest BCUT2D eigenvalue weighted by molar-refractivity contribution is 5.92. The normalized spacial score (nSPS) is 13.5. The number of aromatic nitrogens is 2. The van der Waals surface area contributed by atoms with E-state index in [1.807, 2.05) is 36.6 Å². The van der Waals surface area contributed by atoms with Crippen LogP contribution in [0.4, 0.5) is 5.95 Å². The van der Waals surface area contributed by atoms with Gasteiger partial charge in [0.05, 0.1) is 29.4 Å². The molecule has 0 radical (unpaired) electrons. The Morgan fingerprint density at radius 2 is 2.06 bits per heavy atom. The maximum Gasteiger partial charge on any atom is 0.204 e. The van der Waals surface area contributed by atoms with E-state index in [4.69, 9.17) is 9.72 Å². The number of aliphatic hydroxyl groups excluding tert-OH is 1. The lowest BCUT2D eigenvalue weighted by Gasteiger charge is -2.15. The van der Waals surface area contributed by atoms with Crippen molar-refractivity contribution in [1.29, 1.82) is 0 Å². The number of carbonyl (C=O) groups is 1. The summed E-state index contributed by atoms with van der Waals surface area (Å²) in [6.07, 6.45) is 4.98. The number of imidazole rings is 1. The number of aldehydes is 1. The van der Waals surface area contributed by atoms with Crippen LogP contribution in [-0.4, -0.2) is 65.6 Å². The standard InChI is InChI=1S/C25H39N5O3/c1-5-9-19(3)28-23(20(4)32)17-30-24-16-21(18-31)10-11-22(24)29-25(30)27-14-7-12-26-13-8-15-33-6-2/h9-11,16,18,20,26,32H,5-8,12-15,17H2,1-4H3,(H,27,29)/b19-9-,28-23?. The van der Waals surface area contributed by atoms with Crippen molar-refractivity contribution in [2.75, 3.05) is 38.2 Å². The lowest BCUT2D eigenvalue weighted by Crippen LogP contribution is -2.24. The van der Waals surface area contributed by atoms with Crippen LogP contribution in [0.5, 0.6) is 0 Å². The minimum Gasteiger partial charge on any atom is -0.387 e. The van der Waals surface area contributed by atoms with E-state index in [0.717, 1.165) is 75.1 Å². The van der Waals surface area contributed by atoms with Gasteiger partial charge in [0.2, 0.25) is 5.95 Å². The third-order valence-corrected chi connectivity index (χ3v) is 5.19. The number of anilines is 1. The van der Waals surface area contributed by atoms with E-state index in [1.54, 1.807) is 13.0 Å². The van der Waals surface area contributed by atoms with E-state index in [-0.39, 0.29) is 0 Å². The molecule has 0 fully saturated rings. The summed E-state index contributed by atoms with van der Waals surface area (Å²) in [5.74, 6) is 0.704. The Kier molecular flexibility index (Phi) is 11.8. The van der Waals surface area contributed by atoms with Crippen LogP contribution in [0, 0.1) is 0 Å². The summed E-state index contributed by atoms with van der Waals surface area (Å²) in [6.45, 7) is 12.2. The Labute approximate surface area is 197 Å². The number of aliphatic imine (C=N–C) groups is 1. The number of fused-ring (bicyclic) bond motifs is 1. The number of carbonyl (C=O) groups excluding carboxylic acids is 1. The highest BCUT2D eigenvalue weighted by atomic mass is 16.5. The van der Waals surface area contributed by atoms with E-state index in [2.05, 4.69) is 22.5 Å². The first-order chi connectivity index (χ1) is 16.0. The van der Waals surface area contributed by atoms with Crippen molar-refractivity contribution >= 4 is 29.0 Å². The summed E-state index contributed by atoms with van der Waals surface area (Å²) >= 11 is 0. The highest BCUT2D eigenvalue weighted by Crippen LogP contribution is 2.22. The zero-order valence-corrected chi connectivity index (χ0v) is 20.4. The molecule has 0 spiro atoms. The lowest BCUT2D eigenvalue weighted by atomic mass is 10.2. The molecule has 1 atom stereocenters. The number of benzene rings is 1. The minimum atomic E-state index is -0.703. The molecule has 1 aromatic heterocycles. The zero-order valence-electron chi connectivity index (χ0n) is 20.4. The molecule has 0 saturated heterocycles. The number of nitrogens with one attached hydrogen (secondary N) is 2. The molecule has 1 heterocycles. The van der Waals surface area contributed by atoms with Gasteiger partial charge in [-0.05, 0) is 71.3 Å². The second-order valence-electron chi connectivity index (χ2n) is 8.00. The molecule has 2 rings (SSSR count). The minimum absolute atomic E-state index is 0.378. The van der Waals surface area contributed by atoms with Gasteiger partial charge in [-0.1, -0.05) is 13.0 Å². The number of hydrogen-bond acceptors (Lipinski definition) is 7. The summed E-state index contributed by atoms with van der Waals surface area (Å²) in [4.78, 5) is 20.7. The number of nitrogens with zero attached hydrogens (tertiary/aromatic N) is 3. The summed E-state index contributed by atoms with van der Waals surface area (Å²) in [6, 6.07) is 5.44. The van der Waals surface area contributed by atoms with Crippen LogP contribution in [0.1, 0.15) is 57.3 Å². The Morgan fingerprint density at radius 3 is 2.76 bits per heavy atom. The Balaban J connectivity index is 2.14. The van der Waals surface area contributed by atoms with Crippen LogP contribution in [0.3, 0.4) is 0 Å². The van der Waals surface area contributed by atoms with E-state index in [0.29, 0.717) is 23.8 Å². The van der Waals surface area contributed by atoms with E-state index >= 15 is 0 Å². The fourth-order valence-corrected chi connectivity index (χ4v) is 3.48. The van der Waals surface area contributed by atoms with Crippen LogP contribution in [-0.2, 0) is 11.3 Å². The summed E-state index contributed by atoms with van der Waals surface area (Å²) in [7, 11) is 0. The van der Waals surface area contributed by atoms with Gasteiger partial charge in [-0.2, -0.15) is 0 Å². The fraction of sp³-hybridized carbons (Fsp3) is 0.560. The smallest absolute Gasteiger partial charge is 0.204 e. The Hall–Kier alpha value is -2.55. The lowest BCUT2D eigenvalue weighted by molar-refractivity contribution is 0.112. The van der Waals surface area contributed by atoms with Gasteiger partial charge in [0, 0.05) is 31.0 Å². The summed E-state index contributed by atoms with van der Waals surface area (Å²) in [5.41, 5.74) is 3.73. The van der Waals surface area contributed by atoms with Crippen molar-refractivity contribution in [3.05, 3.63) is 35.5 Å². The maximum absolute atomic E-state index is 11.3. The van der Waals surface area contributed by atoms with Gasteiger partial charge in [-0.3, -0.25) is 9.79 Å². The second-order valence-corrected chi connectivity index (χ2v) is 8.00. The average Bonchev–Trinajstić information content (AvgIpc) is 3.13. The van der Waals surface area contributed by atoms with Crippen LogP contribution in [0.25, 0.3) is 11.0 Å². The quantitative estimate of drug-likeness (QED) is 0.201. The molecular weight excluding hydrogens is 418 g/mol. The number of allylic oxidation sites excluding steroid dienone is 2. The Bertz CT molecular complexity index is 934. The molecular formula is C25H39N5O3. The Morgan fingerprint density at radius 1 is 1.27 bits per heavy atom. The predicted molar refractivity (Wildman–Crippen MR) is 135 cm³/mol. The second kappa shape index (κ2) is 14.6. The van der Waals surface area contributed by atoms with Crippen molar-refractivity contribution in [1.82, 2.24) is 14.9 Å². The van der Waals surface area contributed by atoms with Gasteiger partial charge < -0.3 is 25.0 Å². The van der Waals surface area contributed by atoms with Gasteiger partial charge in [0.1, 0.15) is 6.29 Å². The molecule has 1 unspecified atom stereocenters. The van der Waals surface area contributed by atoms with Crippen molar-refractivity contribution in [2.45, 2.75) is 59.6 Å². The van der Waals surface area contributed by atoms with Crippen LogP contribution >= 0.6 is 0 Å². The third kappa shape index (κ3) is 8.72. The van der Waals surface area contributed by atoms with Crippen LogP contribution < -0.4 is 10.6 Å². The highest BCUT2D eigenvalue weighted by Gasteiger charge is 2.16. The van der Waals surface area contributed by atoms with Crippen molar-refractivity contribution in [3.8, 4) is 0 Å². The molecule has 0 amide bonds. The number of rotatable bonds is 16. The molecule has 1 aromatic carbocycles. The number of hydrogen-bond donors (Lipinski definition) is 3. The molecule has 8 nitrogen and oxygen atoms in total. The van der Waals surface area contributed by atoms with E-state index in [1.165, 1.54) is 0 Å². The monoisotopic (exact) mass is 457 g/mol. The van der Waals surface area contributed by atoms with Gasteiger partial charge in [-0.25, -0.2) is 4.98 Å². The summed E-state index contributed by atoms with van der Waals surface area (Å²) in [5, 5.41) is 17.2. The molecule has 0 bridgehead atoms. The molecule has 8 heteroatoms. The fourth-order valence-electron chi connectivity index (χ4n) is 3.48. The molecule has 182 valence electrons. The molecule has 3 N–H and O–H groups in total. The molecule has 0 aliphatic rings.